The van der Waals surface area contributed by atoms with Gasteiger partial charge in [-0.2, -0.15) is 18.3 Å². The minimum absolute atomic E-state index is 0.101. The first kappa shape index (κ1) is 22.7. The molecule has 1 heterocycles. The Labute approximate surface area is 189 Å². The molecule has 6 nitrogen and oxygen atoms in total. The van der Waals surface area contributed by atoms with Gasteiger partial charge in [-0.3, -0.25) is 4.79 Å². The molecular formula is C24H24F3N3O3. The third-order valence-electron chi connectivity index (χ3n) is 5.61. The summed E-state index contributed by atoms with van der Waals surface area (Å²) in [5, 5.41) is 7.15. The monoisotopic (exact) mass is 459 g/mol. The Bertz CT molecular complexity index is 1150. The SMILES string of the molecule is COc1ccc(CCNC(=O)c2cnn(-c3cccc(C(F)(F)F)c3)c2C2CC2)c(OC)c1. The van der Waals surface area contributed by atoms with Gasteiger partial charge in [-0.1, -0.05) is 12.1 Å². The molecule has 1 aromatic heterocycles. The van der Waals surface area contributed by atoms with Gasteiger partial charge >= 0.3 is 6.18 Å². The summed E-state index contributed by atoms with van der Waals surface area (Å²) in [4.78, 5) is 12.9. The smallest absolute Gasteiger partial charge is 0.416 e. The van der Waals surface area contributed by atoms with Crippen molar-refractivity contribution < 1.29 is 27.4 Å². The second-order valence-electron chi connectivity index (χ2n) is 7.86. The molecule has 3 aromatic rings. The third kappa shape index (κ3) is 4.97. The van der Waals surface area contributed by atoms with E-state index in [9.17, 15) is 18.0 Å². The summed E-state index contributed by atoms with van der Waals surface area (Å²) in [5.74, 6) is 1.14. The van der Waals surface area contributed by atoms with E-state index in [0.717, 1.165) is 30.5 Å². The van der Waals surface area contributed by atoms with Gasteiger partial charge in [0.25, 0.3) is 5.91 Å². The van der Waals surface area contributed by atoms with Crippen LogP contribution in [0.15, 0.2) is 48.7 Å². The lowest BCUT2D eigenvalue weighted by atomic mass is 10.1. The Hall–Kier alpha value is -3.49. The van der Waals surface area contributed by atoms with E-state index < -0.39 is 11.7 Å². The predicted molar refractivity (Wildman–Crippen MR) is 116 cm³/mol. The van der Waals surface area contributed by atoms with E-state index in [1.165, 1.54) is 16.9 Å². The van der Waals surface area contributed by atoms with Crippen LogP contribution >= 0.6 is 0 Å². The number of ether oxygens (including phenoxy) is 2. The molecule has 2 aromatic carbocycles. The number of rotatable bonds is 8. The number of halogens is 3. The number of methoxy groups -OCH3 is 2. The van der Waals surface area contributed by atoms with Gasteiger partial charge < -0.3 is 14.8 Å². The van der Waals surface area contributed by atoms with E-state index in [1.54, 1.807) is 26.4 Å². The number of carbonyl (C=O) groups excluding carboxylic acids is 1. The van der Waals surface area contributed by atoms with Gasteiger partial charge in [-0.15, -0.1) is 0 Å². The molecule has 0 aliphatic heterocycles. The summed E-state index contributed by atoms with van der Waals surface area (Å²) in [6, 6.07) is 10.5. The maximum atomic E-state index is 13.2. The van der Waals surface area contributed by atoms with Crippen molar-refractivity contribution in [3.05, 3.63) is 71.0 Å². The molecule has 0 atom stereocenters. The zero-order valence-corrected chi connectivity index (χ0v) is 18.3. The van der Waals surface area contributed by atoms with Gasteiger partial charge in [0.05, 0.1) is 42.9 Å². The van der Waals surface area contributed by atoms with Crippen LogP contribution in [0, 0.1) is 0 Å². The Morgan fingerprint density at radius 2 is 1.94 bits per heavy atom. The average Bonchev–Trinajstić information content (AvgIpc) is 3.56. The number of aromatic nitrogens is 2. The van der Waals surface area contributed by atoms with Gasteiger partial charge in [0.15, 0.2) is 0 Å². The van der Waals surface area contributed by atoms with Crippen molar-refractivity contribution in [1.29, 1.82) is 0 Å². The molecule has 1 aliphatic rings. The molecule has 1 amide bonds. The normalized spacial score (nSPS) is 13.6. The van der Waals surface area contributed by atoms with E-state index in [2.05, 4.69) is 10.4 Å². The van der Waals surface area contributed by atoms with Crippen LogP contribution in [-0.4, -0.2) is 36.5 Å². The Balaban J connectivity index is 1.51. The number of alkyl halides is 3. The van der Waals surface area contributed by atoms with Gasteiger partial charge in [0.1, 0.15) is 11.5 Å². The van der Waals surface area contributed by atoms with Crippen LogP contribution in [0.5, 0.6) is 11.5 Å². The topological polar surface area (TPSA) is 65.4 Å². The van der Waals surface area contributed by atoms with Crippen molar-refractivity contribution in [3.8, 4) is 17.2 Å². The van der Waals surface area contributed by atoms with Crippen molar-refractivity contribution in [2.24, 2.45) is 0 Å². The third-order valence-corrected chi connectivity index (χ3v) is 5.61. The molecule has 0 bridgehead atoms. The van der Waals surface area contributed by atoms with E-state index in [1.807, 2.05) is 12.1 Å². The summed E-state index contributed by atoms with van der Waals surface area (Å²) in [6.45, 7) is 0.361. The van der Waals surface area contributed by atoms with Crippen LogP contribution in [0.3, 0.4) is 0 Å². The fourth-order valence-electron chi connectivity index (χ4n) is 3.77. The molecule has 1 N–H and O–H groups in total. The predicted octanol–water partition coefficient (Wildman–Crippen LogP) is 4.76. The van der Waals surface area contributed by atoms with Crippen LogP contribution in [0.4, 0.5) is 13.2 Å². The number of hydrogen-bond acceptors (Lipinski definition) is 4. The standard InChI is InChI=1S/C24H24F3N3O3/c1-32-19-9-8-15(21(13-19)33-2)10-11-28-23(31)20-14-29-30(22(20)16-6-7-16)18-5-3-4-17(12-18)24(25,26)27/h3-5,8-9,12-14,16H,6-7,10-11H2,1-2H3,(H,28,31). The van der Waals surface area contributed by atoms with Crippen molar-refractivity contribution in [2.75, 3.05) is 20.8 Å². The summed E-state index contributed by atoms with van der Waals surface area (Å²) in [5.41, 5.74) is 1.48. The highest BCUT2D eigenvalue weighted by molar-refractivity contribution is 5.95. The lowest BCUT2D eigenvalue weighted by Crippen LogP contribution is -2.26. The molecule has 0 unspecified atom stereocenters. The van der Waals surface area contributed by atoms with Crippen LogP contribution in [-0.2, 0) is 12.6 Å². The number of hydrogen-bond donors (Lipinski definition) is 1. The molecule has 33 heavy (non-hydrogen) atoms. The number of nitrogens with zero attached hydrogens (tertiary/aromatic N) is 2. The summed E-state index contributed by atoms with van der Waals surface area (Å²) in [7, 11) is 3.15. The first-order chi connectivity index (χ1) is 15.8. The zero-order chi connectivity index (χ0) is 23.6. The lowest BCUT2D eigenvalue weighted by Gasteiger charge is -2.13. The first-order valence-electron chi connectivity index (χ1n) is 10.6. The molecule has 9 heteroatoms. The van der Waals surface area contributed by atoms with Crippen LogP contribution < -0.4 is 14.8 Å². The maximum Gasteiger partial charge on any atom is 0.416 e. The van der Waals surface area contributed by atoms with Crippen LogP contribution in [0.25, 0.3) is 5.69 Å². The van der Waals surface area contributed by atoms with E-state index >= 15 is 0 Å². The minimum atomic E-state index is -4.45. The number of nitrogens with one attached hydrogen (secondary N) is 1. The average molecular weight is 459 g/mol. The first-order valence-corrected chi connectivity index (χ1v) is 10.6. The Morgan fingerprint density at radius 1 is 1.15 bits per heavy atom. The van der Waals surface area contributed by atoms with Crippen LogP contribution in [0.2, 0.25) is 0 Å². The second-order valence-corrected chi connectivity index (χ2v) is 7.86. The van der Waals surface area contributed by atoms with Gasteiger partial charge in [0, 0.05) is 18.5 Å². The molecular weight excluding hydrogens is 435 g/mol. The van der Waals surface area contributed by atoms with Crippen molar-refractivity contribution in [3.63, 3.8) is 0 Å². The van der Waals surface area contributed by atoms with Crippen LogP contribution in [0.1, 0.15) is 45.9 Å². The highest BCUT2D eigenvalue weighted by Crippen LogP contribution is 2.43. The number of benzene rings is 2. The van der Waals surface area contributed by atoms with Crippen molar-refractivity contribution >= 4 is 5.91 Å². The highest BCUT2D eigenvalue weighted by atomic mass is 19.4. The highest BCUT2D eigenvalue weighted by Gasteiger charge is 2.34. The molecule has 1 aliphatic carbocycles. The fourth-order valence-corrected chi connectivity index (χ4v) is 3.77. The molecule has 0 spiro atoms. The fraction of sp³-hybridized carbons (Fsp3) is 0.333. The minimum Gasteiger partial charge on any atom is -0.497 e. The van der Waals surface area contributed by atoms with Crippen molar-refractivity contribution in [1.82, 2.24) is 15.1 Å². The van der Waals surface area contributed by atoms with Crippen molar-refractivity contribution in [2.45, 2.75) is 31.4 Å². The number of carbonyl (C=O) groups is 1. The summed E-state index contributed by atoms with van der Waals surface area (Å²) >= 11 is 0. The lowest BCUT2D eigenvalue weighted by molar-refractivity contribution is -0.137. The maximum absolute atomic E-state index is 13.2. The zero-order valence-electron chi connectivity index (χ0n) is 18.3. The molecule has 174 valence electrons. The quantitative estimate of drug-likeness (QED) is 0.528. The Kier molecular flexibility index (Phi) is 6.31. The molecule has 0 saturated heterocycles. The van der Waals surface area contributed by atoms with Gasteiger partial charge in [-0.05, 0) is 49.1 Å². The molecule has 4 rings (SSSR count). The van der Waals surface area contributed by atoms with E-state index in [-0.39, 0.29) is 17.5 Å². The summed E-state index contributed by atoms with van der Waals surface area (Å²) in [6.07, 6.45) is -0.746. The largest absolute Gasteiger partial charge is 0.497 e. The van der Waals surface area contributed by atoms with Gasteiger partial charge in [-0.25, -0.2) is 4.68 Å². The molecule has 1 saturated carbocycles. The van der Waals surface area contributed by atoms with E-state index in [4.69, 9.17) is 9.47 Å². The van der Waals surface area contributed by atoms with Gasteiger partial charge in [0.2, 0.25) is 0 Å². The Morgan fingerprint density at radius 3 is 2.61 bits per heavy atom. The summed E-state index contributed by atoms with van der Waals surface area (Å²) < 4.78 is 51.5. The second kappa shape index (κ2) is 9.17. The molecule has 1 fully saturated rings. The molecule has 0 radical (unpaired) electrons. The number of amides is 1. The van der Waals surface area contributed by atoms with E-state index in [0.29, 0.717) is 35.7 Å².